The van der Waals surface area contributed by atoms with Gasteiger partial charge in [-0.3, -0.25) is 4.79 Å². The zero-order chi connectivity index (χ0) is 10.6. The first-order valence-electron chi connectivity index (χ1n) is 4.28. The van der Waals surface area contributed by atoms with Gasteiger partial charge in [-0.2, -0.15) is 4.39 Å². The molecule has 1 aromatic rings. The number of hydrogen-bond acceptors (Lipinski definition) is 3. The third kappa shape index (κ3) is 2.69. The van der Waals surface area contributed by atoms with Gasteiger partial charge in [0.15, 0.2) is 0 Å². The Labute approximate surface area is 81.5 Å². The van der Waals surface area contributed by atoms with E-state index in [-0.39, 0.29) is 6.54 Å². The summed E-state index contributed by atoms with van der Waals surface area (Å²) < 4.78 is 12.7. The molecule has 0 radical (unpaired) electrons. The van der Waals surface area contributed by atoms with Crippen LogP contribution in [-0.2, 0) is 4.79 Å². The van der Waals surface area contributed by atoms with Gasteiger partial charge < -0.3 is 10.6 Å². The van der Waals surface area contributed by atoms with Crippen LogP contribution in [0.4, 0.5) is 10.1 Å². The number of rotatable bonds is 4. The lowest BCUT2D eigenvalue weighted by Crippen LogP contribution is -2.33. The predicted octanol–water partition coefficient (Wildman–Crippen LogP) is 0.532. The number of pyridine rings is 1. The lowest BCUT2D eigenvalue weighted by molar-refractivity contribution is -0.116. The van der Waals surface area contributed by atoms with Crippen molar-refractivity contribution >= 4 is 11.6 Å². The van der Waals surface area contributed by atoms with Crippen LogP contribution in [0.5, 0.6) is 0 Å². The van der Waals surface area contributed by atoms with Crippen molar-refractivity contribution in [3.8, 4) is 0 Å². The number of amides is 1. The normalized spacial score (nSPS) is 9.86. The fourth-order valence-electron chi connectivity index (χ4n) is 1.16. The molecule has 0 aliphatic carbocycles. The maximum atomic E-state index is 12.7. The van der Waals surface area contributed by atoms with Crippen molar-refractivity contribution in [3.05, 3.63) is 24.3 Å². The summed E-state index contributed by atoms with van der Waals surface area (Å²) in [5.74, 6) is -1.01. The molecule has 0 fully saturated rings. The molecule has 2 N–H and O–H groups in total. The van der Waals surface area contributed by atoms with E-state index in [0.29, 0.717) is 12.2 Å². The maximum absolute atomic E-state index is 12.7. The van der Waals surface area contributed by atoms with Gasteiger partial charge in [0, 0.05) is 24.5 Å². The minimum absolute atomic E-state index is 0.0833. The summed E-state index contributed by atoms with van der Waals surface area (Å²) >= 11 is 0. The van der Waals surface area contributed by atoms with Gasteiger partial charge in [-0.05, 0) is 13.0 Å². The van der Waals surface area contributed by atoms with Gasteiger partial charge in [-0.1, -0.05) is 0 Å². The highest BCUT2D eigenvalue weighted by Gasteiger charge is 2.07. The first-order chi connectivity index (χ1) is 6.63. The lowest BCUT2D eigenvalue weighted by atomic mass is 10.3. The summed E-state index contributed by atoms with van der Waals surface area (Å²) in [7, 11) is 0. The Balaban J connectivity index is 2.83. The van der Waals surface area contributed by atoms with Crippen LogP contribution in [0.25, 0.3) is 0 Å². The Morgan fingerprint density at radius 2 is 2.43 bits per heavy atom. The van der Waals surface area contributed by atoms with Gasteiger partial charge in [0.25, 0.3) is 0 Å². The van der Waals surface area contributed by atoms with Crippen LogP contribution < -0.4 is 10.6 Å². The maximum Gasteiger partial charge on any atom is 0.236 e. The molecule has 0 atom stereocenters. The molecule has 1 aromatic heterocycles. The highest BCUT2D eigenvalue weighted by Crippen LogP contribution is 2.12. The predicted molar refractivity (Wildman–Crippen MR) is 51.3 cm³/mol. The Kier molecular flexibility index (Phi) is 3.39. The van der Waals surface area contributed by atoms with Crippen molar-refractivity contribution in [1.82, 2.24) is 4.98 Å². The molecule has 0 bridgehead atoms. The third-order valence-corrected chi connectivity index (χ3v) is 1.80. The number of halogens is 1. The van der Waals surface area contributed by atoms with E-state index in [1.807, 2.05) is 6.92 Å². The van der Waals surface area contributed by atoms with Crippen molar-refractivity contribution < 1.29 is 9.18 Å². The van der Waals surface area contributed by atoms with E-state index in [9.17, 15) is 9.18 Å². The number of anilines is 1. The zero-order valence-electron chi connectivity index (χ0n) is 7.90. The molecule has 0 aliphatic rings. The topological polar surface area (TPSA) is 59.2 Å². The average Bonchev–Trinajstić information content (AvgIpc) is 2.14. The van der Waals surface area contributed by atoms with Gasteiger partial charge in [0.1, 0.15) is 0 Å². The number of aromatic nitrogens is 1. The standard InChI is InChI=1S/C9H12FN3O/c1-2-13(6-9(11)14)7-3-4-12-8(10)5-7/h3-5H,2,6H2,1H3,(H2,11,14). The SMILES string of the molecule is CCN(CC(N)=O)c1ccnc(F)c1. The van der Waals surface area contributed by atoms with Crippen molar-refractivity contribution in [2.24, 2.45) is 5.73 Å². The number of nitrogens with zero attached hydrogens (tertiary/aromatic N) is 2. The van der Waals surface area contributed by atoms with Crippen LogP contribution in [-0.4, -0.2) is 24.0 Å². The zero-order valence-corrected chi connectivity index (χ0v) is 7.90. The van der Waals surface area contributed by atoms with Crippen LogP contribution in [0.2, 0.25) is 0 Å². The minimum atomic E-state index is -0.564. The Morgan fingerprint density at radius 3 is 2.93 bits per heavy atom. The molecule has 0 saturated carbocycles. The fraction of sp³-hybridized carbons (Fsp3) is 0.333. The Bertz CT molecular complexity index is 330. The summed E-state index contributed by atoms with van der Waals surface area (Å²) in [6, 6.07) is 2.90. The van der Waals surface area contributed by atoms with Gasteiger partial charge in [0.2, 0.25) is 11.9 Å². The number of hydrogen-bond donors (Lipinski definition) is 1. The molecule has 1 rings (SSSR count). The lowest BCUT2D eigenvalue weighted by Gasteiger charge is -2.20. The van der Waals surface area contributed by atoms with Crippen LogP contribution in [0.3, 0.4) is 0 Å². The highest BCUT2D eigenvalue weighted by atomic mass is 19.1. The highest BCUT2D eigenvalue weighted by molar-refractivity contribution is 5.79. The van der Waals surface area contributed by atoms with E-state index < -0.39 is 11.9 Å². The smallest absolute Gasteiger partial charge is 0.236 e. The van der Waals surface area contributed by atoms with E-state index >= 15 is 0 Å². The summed E-state index contributed by atoms with van der Waals surface area (Å²) in [4.78, 5) is 15.8. The third-order valence-electron chi connectivity index (χ3n) is 1.80. The van der Waals surface area contributed by atoms with E-state index in [4.69, 9.17) is 5.73 Å². The van der Waals surface area contributed by atoms with Crippen molar-refractivity contribution in [1.29, 1.82) is 0 Å². The van der Waals surface area contributed by atoms with Crippen LogP contribution >= 0.6 is 0 Å². The van der Waals surface area contributed by atoms with Crippen LogP contribution in [0.15, 0.2) is 18.3 Å². The summed E-state index contributed by atoms with van der Waals surface area (Å²) in [5.41, 5.74) is 5.66. The molecule has 0 saturated heterocycles. The van der Waals surface area contributed by atoms with Crippen LogP contribution in [0.1, 0.15) is 6.92 Å². The van der Waals surface area contributed by atoms with E-state index in [2.05, 4.69) is 4.98 Å². The first kappa shape index (κ1) is 10.4. The molecular formula is C9H12FN3O. The van der Waals surface area contributed by atoms with Crippen molar-refractivity contribution in [3.63, 3.8) is 0 Å². The monoisotopic (exact) mass is 197 g/mol. The molecule has 4 nitrogen and oxygen atoms in total. The minimum Gasteiger partial charge on any atom is -0.368 e. The second kappa shape index (κ2) is 4.55. The van der Waals surface area contributed by atoms with E-state index in [1.54, 1.807) is 11.0 Å². The summed E-state index contributed by atoms with van der Waals surface area (Å²) in [6.07, 6.45) is 1.36. The molecule has 14 heavy (non-hydrogen) atoms. The molecule has 0 aromatic carbocycles. The molecule has 1 heterocycles. The second-order valence-corrected chi connectivity index (χ2v) is 2.82. The quantitative estimate of drug-likeness (QED) is 0.716. The molecule has 1 amide bonds. The van der Waals surface area contributed by atoms with Gasteiger partial charge in [0.05, 0.1) is 6.54 Å². The van der Waals surface area contributed by atoms with Crippen LogP contribution in [0, 0.1) is 5.95 Å². The molecule has 0 unspecified atom stereocenters. The van der Waals surface area contributed by atoms with Crippen molar-refractivity contribution in [2.45, 2.75) is 6.92 Å². The molecule has 0 aliphatic heterocycles. The largest absolute Gasteiger partial charge is 0.368 e. The second-order valence-electron chi connectivity index (χ2n) is 2.82. The fourth-order valence-corrected chi connectivity index (χ4v) is 1.16. The van der Waals surface area contributed by atoms with Gasteiger partial charge >= 0.3 is 0 Å². The van der Waals surface area contributed by atoms with Crippen molar-refractivity contribution in [2.75, 3.05) is 18.0 Å². The van der Waals surface area contributed by atoms with Gasteiger partial charge in [-0.15, -0.1) is 0 Å². The molecular weight excluding hydrogens is 185 g/mol. The van der Waals surface area contributed by atoms with E-state index in [1.165, 1.54) is 12.3 Å². The number of carbonyl (C=O) groups excluding carboxylic acids is 1. The number of likely N-dealkylation sites (N-methyl/N-ethyl adjacent to an activating group) is 1. The molecule has 0 spiro atoms. The van der Waals surface area contributed by atoms with Gasteiger partial charge in [-0.25, -0.2) is 4.98 Å². The Morgan fingerprint density at radius 1 is 1.71 bits per heavy atom. The number of primary amides is 1. The number of nitrogens with two attached hydrogens (primary N) is 1. The summed E-state index contributed by atoms with van der Waals surface area (Å²) in [5, 5.41) is 0. The Hall–Kier alpha value is -1.65. The first-order valence-corrected chi connectivity index (χ1v) is 4.28. The molecule has 5 heteroatoms. The number of carbonyl (C=O) groups is 1. The average molecular weight is 197 g/mol. The molecule has 76 valence electrons. The van der Waals surface area contributed by atoms with E-state index in [0.717, 1.165) is 0 Å². The summed E-state index contributed by atoms with van der Waals surface area (Å²) in [6.45, 7) is 2.54.